The van der Waals surface area contributed by atoms with E-state index >= 15 is 0 Å². The number of thiophene rings is 2. The number of rotatable bonds is 8. The second-order valence-electron chi connectivity index (χ2n) is 6.60. The Bertz CT molecular complexity index is 1230. The molecule has 3 aromatic heterocycles. The lowest BCUT2D eigenvalue weighted by Gasteiger charge is -2.09. The second-order valence-corrected chi connectivity index (χ2v) is 9.37. The van der Waals surface area contributed by atoms with E-state index in [-0.39, 0.29) is 11.7 Å². The number of anilines is 1. The van der Waals surface area contributed by atoms with Gasteiger partial charge in [-0.3, -0.25) is 4.79 Å². The number of ether oxygens (including phenoxy) is 1. The summed E-state index contributed by atoms with van der Waals surface area (Å²) in [6.45, 7) is 2.86. The van der Waals surface area contributed by atoms with E-state index in [2.05, 4.69) is 44.5 Å². The second kappa shape index (κ2) is 9.63. The van der Waals surface area contributed by atoms with Gasteiger partial charge < -0.3 is 14.6 Å². The quantitative estimate of drug-likeness (QED) is 0.282. The molecule has 4 aromatic rings. The van der Waals surface area contributed by atoms with Crippen LogP contribution in [0.2, 0.25) is 0 Å². The molecular formula is C21H20N4O3S3. The number of amides is 1. The highest BCUT2D eigenvalue weighted by molar-refractivity contribution is 7.99. The Kier molecular flexibility index (Phi) is 6.69. The summed E-state index contributed by atoms with van der Waals surface area (Å²) in [4.78, 5) is 24.3. The summed E-state index contributed by atoms with van der Waals surface area (Å²) in [7, 11) is 1.32. The van der Waals surface area contributed by atoms with E-state index in [0.717, 1.165) is 29.7 Å². The molecule has 0 spiro atoms. The van der Waals surface area contributed by atoms with Gasteiger partial charge in [-0.05, 0) is 23.9 Å². The van der Waals surface area contributed by atoms with Crippen molar-refractivity contribution in [3.63, 3.8) is 0 Å². The Balaban J connectivity index is 1.51. The minimum atomic E-state index is -0.473. The largest absolute Gasteiger partial charge is 0.465 e. The molecule has 0 bridgehead atoms. The molecule has 0 aliphatic carbocycles. The number of methoxy groups -OCH3 is 1. The van der Waals surface area contributed by atoms with Gasteiger partial charge in [0.2, 0.25) is 5.91 Å². The van der Waals surface area contributed by atoms with E-state index in [1.54, 1.807) is 22.8 Å². The van der Waals surface area contributed by atoms with Gasteiger partial charge in [0.1, 0.15) is 5.00 Å². The van der Waals surface area contributed by atoms with Crippen molar-refractivity contribution in [2.24, 2.45) is 0 Å². The number of nitrogens with one attached hydrogen (secondary N) is 1. The molecule has 0 saturated carbocycles. The number of hydrogen-bond donors (Lipinski definition) is 1. The van der Waals surface area contributed by atoms with Crippen molar-refractivity contribution in [3.05, 3.63) is 46.7 Å². The van der Waals surface area contributed by atoms with Gasteiger partial charge in [-0.25, -0.2) is 4.79 Å². The molecule has 0 aliphatic rings. The van der Waals surface area contributed by atoms with Gasteiger partial charge in [0.05, 0.1) is 18.4 Å². The molecule has 31 heavy (non-hydrogen) atoms. The van der Waals surface area contributed by atoms with Crippen LogP contribution in [-0.4, -0.2) is 39.5 Å². The molecule has 1 N–H and O–H groups in total. The molecule has 0 radical (unpaired) electrons. The normalized spacial score (nSPS) is 11.0. The molecule has 4 rings (SSSR count). The van der Waals surface area contributed by atoms with Crippen LogP contribution in [0.3, 0.4) is 0 Å². The maximum atomic E-state index is 12.5. The third-order valence-electron chi connectivity index (χ3n) is 4.54. The molecule has 1 amide bonds. The first-order valence-electron chi connectivity index (χ1n) is 9.60. The molecule has 0 aliphatic heterocycles. The van der Waals surface area contributed by atoms with E-state index in [4.69, 9.17) is 4.74 Å². The Morgan fingerprint density at radius 1 is 1.19 bits per heavy atom. The minimum absolute atomic E-state index is 0.157. The molecule has 160 valence electrons. The van der Waals surface area contributed by atoms with E-state index in [1.165, 1.54) is 34.9 Å². The SMILES string of the molecule is CCCn1c(SCC(=O)Nc2sccc2C(=O)OC)nnc1-c1csc2ccccc12. The number of nitrogens with zero attached hydrogens (tertiary/aromatic N) is 3. The van der Waals surface area contributed by atoms with Gasteiger partial charge >= 0.3 is 5.97 Å². The summed E-state index contributed by atoms with van der Waals surface area (Å²) in [6, 6.07) is 9.86. The molecule has 1 aromatic carbocycles. The zero-order valence-electron chi connectivity index (χ0n) is 17.0. The Morgan fingerprint density at radius 3 is 2.84 bits per heavy atom. The third-order valence-corrected chi connectivity index (χ3v) is 7.30. The van der Waals surface area contributed by atoms with Crippen molar-refractivity contribution in [2.75, 3.05) is 18.2 Å². The highest BCUT2D eigenvalue weighted by Gasteiger charge is 2.19. The van der Waals surface area contributed by atoms with Gasteiger partial charge in [0.15, 0.2) is 11.0 Å². The zero-order chi connectivity index (χ0) is 21.8. The molecule has 7 nitrogen and oxygen atoms in total. The van der Waals surface area contributed by atoms with Crippen molar-refractivity contribution < 1.29 is 14.3 Å². The number of thioether (sulfide) groups is 1. The van der Waals surface area contributed by atoms with Gasteiger partial charge in [0, 0.05) is 27.6 Å². The number of fused-ring (bicyclic) bond motifs is 1. The van der Waals surface area contributed by atoms with Crippen LogP contribution >= 0.6 is 34.4 Å². The number of carbonyl (C=O) groups is 2. The number of benzene rings is 1. The summed E-state index contributed by atoms with van der Waals surface area (Å²) in [5.74, 6) is 0.282. The topological polar surface area (TPSA) is 86.1 Å². The molecule has 3 heterocycles. The first kappa shape index (κ1) is 21.5. The highest BCUT2D eigenvalue weighted by atomic mass is 32.2. The van der Waals surface area contributed by atoms with E-state index in [9.17, 15) is 9.59 Å². The summed E-state index contributed by atoms with van der Waals surface area (Å²) in [6.07, 6.45) is 0.921. The maximum absolute atomic E-state index is 12.5. The molecule has 0 fully saturated rings. The van der Waals surface area contributed by atoms with Crippen molar-refractivity contribution in [1.82, 2.24) is 14.8 Å². The highest BCUT2D eigenvalue weighted by Crippen LogP contribution is 2.34. The van der Waals surface area contributed by atoms with Crippen LogP contribution in [0.25, 0.3) is 21.5 Å². The van der Waals surface area contributed by atoms with Gasteiger partial charge in [-0.15, -0.1) is 32.9 Å². The molecular weight excluding hydrogens is 452 g/mol. The van der Waals surface area contributed by atoms with Crippen molar-refractivity contribution in [1.29, 1.82) is 0 Å². The summed E-state index contributed by atoms with van der Waals surface area (Å²) in [5, 5.41) is 17.8. The van der Waals surface area contributed by atoms with Crippen LogP contribution in [0.4, 0.5) is 5.00 Å². The lowest BCUT2D eigenvalue weighted by atomic mass is 10.1. The molecule has 10 heteroatoms. The fourth-order valence-corrected chi connectivity index (χ4v) is 5.64. The summed E-state index contributed by atoms with van der Waals surface area (Å²) >= 11 is 4.30. The fourth-order valence-electron chi connectivity index (χ4n) is 3.14. The summed E-state index contributed by atoms with van der Waals surface area (Å²) < 4.78 is 8.02. The van der Waals surface area contributed by atoms with Gasteiger partial charge in [-0.2, -0.15) is 0 Å². The maximum Gasteiger partial charge on any atom is 0.340 e. The van der Waals surface area contributed by atoms with Crippen LogP contribution in [0.15, 0.2) is 46.2 Å². The smallest absolute Gasteiger partial charge is 0.340 e. The van der Waals surface area contributed by atoms with Gasteiger partial charge in [-0.1, -0.05) is 36.9 Å². The van der Waals surface area contributed by atoms with Crippen molar-refractivity contribution in [2.45, 2.75) is 25.0 Å². The Labute approximate surface area is 191 Å². The lowest BCUT2D eigenvalue weighted by Crippen LogP contribution is -2.16. The lowest BCUT2D eigenvalue weighted by molar-refractivity contribution is -0.113. The molecule has 0 saturated heterocycles. The minimum Gasteiger partial charge on any atom is -0.465 e. The number of carbonyl (C=O) groups excluding carboxylic acids is 2. The van der Waals surface area contributed by atoms with Crippen molar-refractivity contribution in [3.8, 4) is 11.4 Å². The Hall–Kier alpha value is -2.69. The molecule has 0 unspecified atom stereocenters. The summed E-state index contributed by atoms with van der Waals surface area (Å²) in [5.41, 5.74) is 1.41. The Morgan fingerprint density at radius 2 is 2.03 bits per heavy atom. The van der Waals surface area contributed by atoms with Crippen LogP contribution in [0.5, 0.6) is 0 Å². The van der Waals surface area contributed by atoms with Crippen LogP contribution < -0.4 is 5.32 Å². The average molecular weight is 473 g/mol. The van der Waals surface area contributed by atoms with E-state index in [0.29, 0.717) is 15.7 Å². The van der Waals surface area contributed by atoms with Crippen LogP contribution in [0.1, 0.15) is 23.7 Å². The first-order valence-corrected chi connectivity index (χ1v) is 12.3. The fraction of sp³-hybridized carbons (Fsp3) is 0.238. The monoisotopic (exact) mass is 472 g/mol. The van der Waals surface area contributed by atoms with Crippen LogP contribution in [-0.2, 0) is 16.1 Å². The zero-order valence-corrected chi connectivity index (χ0v) is 19.4. The van der Waals surface area contributed by atoms with Gasteiger partial charge in [0.25, 0.3) is 0 Å². The predicted molar refractivity (Wildman–Crippen MR) is 126 cm³/mol. The average Bonchev–Trinajstić information content (AvgIpc) is 3.50. The standard InChI is InChI=1S/C21H20N4O3S3/c1-3-9-25-18(15-11-30-16-7-5-4-6-13(15)16)23-24-21(25)31-12-17(26)22-19-14(8-10-29-19)20(27)28-2/h4-8,10-11H,3,9,12H2,1-2H3,(H,22,26). The van der Waals surface area contributed by atoms with E-state index < -0.39 is 5.97 Å². The van der Waals surface area contributed by atoms with E-state index in [1.807, 2.05) is 12.1 Å². The predicted octanol–water partition coefficient (Wildman–Crippen LogP) is 5.15. The molecule has 0 atom stereocenters. The first-order chi connectivity index (χ1) is 15.1. The number of hydrogen-bond acceptors (Lipinski definition) is 8. The number of aromatic nitrogens is 3. The third kappa shape index (κ3) is 4.51. The number of esters is 1. The van der Waals surface area contributed by atoms with Crippen molar-refractivity contribution >= 4 is 61.4 Å². The van der Waals surface area contributed by atoms with Crippen LogP contribution in [0, 0.1) is 0 Å².